The average molecular weight is 504 g/mol. The number of benzene rings is 2. The number of thioether (sulfide) groups is 1. The molecule has 2 aromatic carbocycles. The van der Waals surface area contributed by atoms with Gasteiger partial charge >= 0.3 is 0 Å². The molecule has 190 valence electrons. The first-order valence-corrected chi connectivity index (χ1v) is 14.4. The van der Waals surface area contributed by atoms with E-state index >= 15 is 0 Å². The smallest absolute Gasteiger partial charge is 0.237 e. The highest BCUT2D eigenvalue weighted by molar-refractivity contribution is 7.99. The molecule has 1 aliphatic carbocycles. The lowest BCUT2D eigenvalue weighted by molar-refractivity contribution is -0.116. The summed E-state index contributed by atoms with van der Waals surface area (Å²) < 4.78 is 2.22. The van der Waals surface area contributed by atoms with Gasteiger partial charge in [0.15, 0.2) is 5.16 Å². The molecule has 0 N–H and O–H groups in total. The minimum Gasteiger partial charge on any atom is -0.309 e. The van der Waals surface area contributed by atoms with Crippen LogP contribution < -0.4 is 4.90 Å². The molecule has 2 aliphatic rings. The third-order valence-corrected chi connectivity index (χ3v) is 8.31. The van der Waals surface area contributed by atoms with Crippen LogP contribution in [-0.2, 0) is 17.9 Å². The Kier molecular flexibility index (Phi) is 8.72. The summed E-state index contributed by atoms with van der Waals surface area (Å²) >= 11 is 1.52. The standard InChI is InChI=1S/C29H37N5OS/c35-28(34(25-15-7-2-8-16-25)26-17-9-3-10-18-26)23-36-29-31-30-27(22-32-19-11-4-12-20-32)33(29)21-24-13-5-1-6-14-24/h1-2,5-8,13-16,26H,3-4,9-12,17-23H2. The number of amides is 1. The van der Waals surface area contributed by atoms with Gasteiger partial charge < -0.3 is 9.47 Å². The zero-order valence-electron chi connectivity index (χ0n) is 21.1. The number of hydrogen-bond donors (Lipinski definition) is 0. The summed E-state index contributed by atoms with van der Waals surface area (Å²) in [6, 6.07) is 20.9. The quantitative estimate of drug-likeness (QED) is 0.347. The minimum atomic E-state index is 0.157. The molecule has 36 heavy (non-hydrogen) atoms. The maximum atomic E-state index is 13.6. The highest BCUT2D eigenvalue weighted by Crippen LogP contribution is 2.29. The highest BCUT2D eigenvalue weighted by atomic mass is 32.2. The van der Waals surface area contributed by atoms with Gasteiger partial charge in [-0.2, -0.15) is 0 Å². The van der Waals surface area contributed by atoms with Crippen LogP contribution in [0, 0.1) is 0 Å². The monoisotopic (exact) mass is 503 g/mol. The van der Waals surface area contributed by atoms with Crippen LogP contribution >= 0.6 is 11.8 Å². The van der Waals surface area contributed by atoms with Crippen molar-refractivity contribution in [1.29, 1.82) is 0 Å². The van der Waals surface area contributed by atoms with Gasteiger partial charge in [0.25, 0.3) is 0 Å². The molecule has 1 saturated carbocycles. The zero-order valence-corrected chi connectivity index (χ0v) is 21.9. The summed E-state index contributed by atoms with van der Waals surface area (Å²) in [5.41, 5.74) is 2.23. The number of rotatable bonds is 9. The Morgan fingerprint density at radius 1 is 0.833 bits per heavy atom. The van der Waals surface area contributed by atoms with Crippen molar-refractivity contribution in [2.24, 2.45) is 0 Å². The molecule has 0 radical (unpaired) electrons. The maximum Gasteiger partial charge on any atom is 0.237 e. The van der Waals surface area contributed by atoms with Crippen molar-refractivity contribution in [3.05, 3.63) is 72.1 Å². The second kappa shape index (κ2) is 12.5. The molecular formula is C29H37N5OS. The molecule has 1 saturated heterocycles. The van der Waals surface area contributed by atoms with Crippen LogP contribution in [0.15, 0.2) is 65.8 Å². The fourth-order valence-electron chi connectivity index (χ4n) is 5.47. The molecule has 7 heteroatoms. The van der Waals surface area contributed by atoms with Gasteiger partial charge in [-0.05, 0) is 56.5 Å². The lowest BCUT2D eigenvalue weighted by Gasteiger charge is -2.34. The van der Waals surface area contributed by atoms with Crippen LogP contribution in [0.5, 0.6) is 0 Å². The van der Waals surface area contributed by atoms with Crippen molar-refractivity contribution in [1.82, 2.24) is 19.7 Å². The maximum absolute atomic E-state index is 13.6. The van der Waals surface area contributed by atoms with E-state index in [0.717, 1.165) is 55.7 Å². The number of aromatic nitrogens is 3. The lowest BCUT2D eigenvalue weighted by Crippen LogP contribution is -2.42. The Labute approximate surface area is 219 Å². The second-order valence-electron chi connectivity index (χ2n) is 9.99. The predicted molar refractivity (Wildman–Crippen MR) is 146 cm³/mol. The summed E-state index contributed by atoms with van der Waals surface area (Å²) in [7, 11) is 0. The predicted octanol–water partition coefficient (Wildman–Crippen LogP) is 5.77. The highest BCUT2D eigenvalue weighted by Gasteiger charge is 2.27. The summed E-state index contributed by atoms with van der Waals surface area (Å²) in [6.45, 7) is 3.77. The summed E-state index contributed by atoms with van der Waals surface area (Å²) in [6.07, 6.45) is 9.63. The Balaban J connectivity index is 1.34. The van der Waals surface area contributed by atoms with Gasteiger partial charge in [-0.15, -0.1) is 10.2 Å². The third-order valence-electron chi connectivity index (χ3n) is 7.36. The van der Waals surface area contributed by atoms with E-state index in [2.05, 4.69) is 61.0 Å². The average Bonchev–Trinajstić information content (AvgIpc) is 3.30. The number of anilines is 1. The molecule has 2 heterocycles. The van der Waals surface area contributed by atoms with Crippen molar-refractivity contribution in [3.63, 3.8) is 0 Å². The van der Waals surface area contributed by atoms with E-state index in [1.54, 1.807) is 0 Å². The van der Waals surface area contributed by atoms with Crippen molar-refractivity contribution in [2.75, 3.05) is 23.7 Å². The van der Waals surface area contributed by atoms with Gasteiger partial charge in [0.05, 0.1) is 18.8 Å². The molecule has 0 spiro atoms. The molecule has 0 unspecified atom stereocenters. The first-order valence-electron chi connectivity index (χ1n) is 13.5. The van der Waals surface area contributed by atoms with Crippen molar-refractivity contribution in [3.8, 4) is 0 Å². The number of piperidine rings is 1. The van der Waals surface area contributed by atoms with Gasteiger partial charge in [0.2, 0.25) is 5.91 Å². The fraction of sp³-hybridized carbons (Fsp3) is 0.483. The molecule has 6 nitrogen and oxygen atoms in total. The van der Waals surface area contributed by atoms with E-state index in [-0.39, 0.29) is 11.9 Å². The summed E-state index contributed by atoms with van der Waals surface area (Å²) in [5.74, 6) is 1.51. The van der Waals surface area contributed by atoms with Crippen molar-refractivity contribution >= 4 is 23.4 Å². The molecule has 3 aromatic rings. The van der Waals surface area contributed by atoms with Crippen LogP contribution in [0.25, 0.3) is 0 Å². The zero-order chi connectivity index (χ0) is 24.6. The molecule has 1 aromatic heterocycles. The number of hydrogen-bond acceptors (Lipinski definition) is 5. The second-order valence-corrected chi connectivity index (χ2v) is 10.9. The first-order chi connectivity index (χ1) is 17.8. The molecule has 0 bridgehead atoms. The fourth-order valence-corrected chi connectivity index (χ4v) is 6.28. The van der Waals surface area contributed by atoms with Gasteiger partial charge in [-0.1, -0.05) is 86.0 Å². The molecule has 0 atom stereocenters. The van der Waals surface area contributed by atoms with E-state index in [0.29, 0.717) is 5.75 Å². The molecule has 1 amide bonds. The lowest BCUT2D eigenvalue weighted by atomic mass is 9.93. The Morgan fingerprint density at radius 2 is 1.50 bits per heavy atom. The Bertz CT molecular complexity index is 1090. The SMILES string of the molecule is O=C(CSc1nnc(CN2CCCCC2)n1Cc1ccccc1)N(c1ccccc1)C1CCCCC1. The number of para-hydroxylation sites is 1. The number of carbonyl (C=O) groups is 1. The number of carbonyl (C=O) groups excluding carboxylic acids is 1. The van der Waals surface area contributed by atoms with E-state index in [9.17, 15) is 4.79 Å². The topological polar surface area (TPSA) is 54.3 Å². The summed E-state index contributed by atoms with van der Waals surface area (Å²) in [5, 5.41) is 10.0. The van der Waals surface area contributed by atoms with Gasteiger partial charge in [0.1, 0.15) is 5.82 Å². The van der Waals surface area contributed by atoms with Crippen LogP contribution in [0.1, 0.15) is 62.8 Å². The Hall–Kier alpha value is -2.64. The van der Waals surface area contributed by atoms with Crippen LogP contribution in [0.3, 0.4) is 0 Å². The van der Waals surface area contributed by atoms with Crippen molar-refractivity contribution in [2.45, 2.75) is 75.7 Å². The van der Waals surface area contributed by atoms with Gasteiger partial charge in [-0.25, -0.2) is 0 Å². The number of likely N-dealkylation sites (tertiary alicyclic amines) is 1. The Morgan fingerprint density at radius 3 is 2.22 bits per heavy atom. The molecule has 1 aliphatic heterocycles. The van der Waals surface area contributed by atoms with Crippen LogP contribution in [0.4, 0.5) is 5.69 Å². The first kappa shape index (κ1) is 25.0. The molecule has 2 fully saturated rings. The van der Waals surface area contributed by atoms with E-state index in [4.69, 9.17) is 0 Å². The normalized spacial score (nSPS) is 17.2. The van der Waals surface area contributed by atoms with Crippen molar-refractivity contribution < 1.29 is 4.79 Å². The number of nitrogens with zero attached hydrogens (tertiary/aromatic N) is 5. The molecule has 5 rings (SSSR count). The minimum absolute atomic E-state index is 0.157. The van der Waals surface area contributed by atoms with E-state index < -0.39 is 0 Å². The third kappa shape index (κ3) is 6.37. The van der Waals surface area contributed by atoms with Gasteiger partial charge in [-0.3, -0.25) is 9.69 Å². The van der Waals surface area contributed by atoms with E-state index in [1.807, 2.05) is 24.3 Å². The van der Waals surface area contributed by atoms with E-state index in [1.165, 1.54) is 55.9 Å². The largest absolute Gasteiger partial charge is 0.309 e. The van der Waals surface area contributed by atoms with Crippen LogP contribution in [-0.4, -0.2) is 50.5 Å². The molecular weight excluding hydrogens is 466 g/mol. The van der Waals surface area contributed by atoms with Gasteiger partial charge in [0, 0.05) is 11.7 Å². The van der Waals surface area contributed by atoms with Crippen LogP contribution in [0.2, 0.25) is 0 Å². The summed E-state index contributed by atoms with van der Waals surface area (Å²) in [4.78, 5) is 18.2.